The van der Waals surface area contributed by atoms with Gasteiger partial charge in [0.15, 0.2) is 0 Å². The predicted molar refractivity (Wildman–Crippen MR) is 147 cm³/mol. The normalized spacial score (nSPS) is 15.9. The van der Waals surface area contributed by atoms with E-state index in [-0.39, 0.29) is 15.8 Å². The largest absolute Gasteiger partial charge is 0.372 e. The van der Waals surface area contributed by atoms with Gasteiger partial charge in [-0.1, -0.05) is 60.7 Å². The van der Waals surface area contributed by atoms with Crippen LogP contribution in [0.25, 0.3) is 10.2 Å². The second-order valence-corrected chi connectivity index (χ2v) is 12.4. The fourth-order valence-corrected chi connectivity index (χ4v) is 7.00. The Morgan fingerprint density at radius 1 is 1.00 bits per heavy atom. The Kier molecular flexibility index (Phi) is 7.01. The van der Waals surface area contributed by atoms with Crippen LogP contribution in [0, 0.1) is 5.92 Å². The van der Waals surface area contributed by atoms with Crippen LogP contribution in [-0.4, -0.2) is 26.1 Å². The van der Waals surface area contributed by atoms with Gasteiger partial charge in [0.1, 0.15) is 0 Å². The molecule has 1 aromatic heterocycles. The van der Waals surface area contributed by atoms with Gasteiger partial charge in [-0.05, 0) is 67.1 Å². The lowest BCUT2D eigenvalue weighted by Crippen LogP contribution is -2.32. The molecule has 1 atom stereocenters. The zero-order valence-corrected chi connectivity index (χ0v) is 22.2. The van der Waals surface area contributed by atoms with E-state index in [0.717, 1.165) is 47.0 Å². The minimum atomic E-state index is -3.76. The molecule has 1 saturated heterocycles. The van der Waals surface area contributed by atoms with E-state index in [4.69, 9.17) is 0 Å². The Morgan fingerprint density at radius 3 is 2.39 bits per heavy atom. The van der Waals surface area contributed by atoms with Crippen LogP contribution in [0.5, 0.6) is 0 Å². The minimum absolute atomic E-state index is 0.104. The number of aromatic nitrogens is 1. The zero-order chi connectivity index (χ0) is 25.3. The van der Waals surface area contributed by atoms with Crippen molar-refractivity contribution in [3.05, 3.63) is 93.6 Å². The van der Waals surface area contributed by atoms with E-state index in [1.54, 1.807) is 22.8 Å². The number of hydrogen-bond donors (Lipinski definition) is 1. The maximum Gasteiger partial charge on any atom is 0.308 e. The molecular formula is C28H31N3O3S2. The highest BCUT2D eigenvalue weighted by Crippen LogP contribution is 2.27. The molecule has 36 heavy (non-hydrogen) atoms. The van der Waals surface area contributed by atoms with Crippen LogP contribution in [0.3, 0.4) is 0 Å². The first-order valence-corrected chi connectivity index (χ1v) is 14.6. The molecule has 0 radical (unpaired) electrons. The number of sulfonamides is 1. The highest BCUT2D eigenvalue weighted by atomic mass is 32.2. The first-order chi connectivity index (χ1) is 17.3. The number of rotatable bonds is 7. The quantitative estimate of drug-likeness (QED) is 0.354. The summed E-state index contributed by atoms with van der Waals surface area (Å²) in [6.07, 6.45) is 2.40. The molecule has 3 aromatic carbocycles. The molecule has 1 aliphatic rings. The second kappa shape index (κ2) is 10.2. The molecule has 5 rings (SSSR count). The van der Waals surface area contributed by atoms with Gasteiger partial charge < -0.3 is 4.90 Å². The molecule has 1 aliphatic heterocycles. The highest BCUT2D eigenvalue weighted by Gasteiger charge is 2.21. The molecule has 188 valence electrons. The van der Waals surface area contributed by atoms with E-state index in [1.165, 1.54) is 18.5 Å². The number of piperidine rings is 1. The van der Waals surface area contributed by atoms with Crippen LogP contribution >= 0.6 is 11.3 Å². The van der Waals surface area contributed by atoms with Crippen LogP contribution in [0.15, 0.2) is 82.5 Å². The number of fused-ring (bicyclic) bond motifs is 1. The van der Waals surface area contributed by atoms with Gasteiger partial charge in [-0.3, -0.25) is 9.36 Å². The summed E-state index contributed by atoms with van der Waals surface area (Å²) in [5.41, 5.74) is 3.85. The molecule has 0 saturated carbocycles. The Hall–Kier alpha value is -2.94. The fourth-order valence-electron chi connectivity index (χ4n) is 4.74. The molecule has 0 unspecified atom stereocenters. The van der Waals surface area contributed by atoms with Gasteiger partial charge in [0.05, 0.1) is 21.7 Å². The Labute approximate surface area is 216 Å². The van der Waals surface area contributed by atoms with Gasteiger partial charge in [0.25, 0.3) is 0 Å². The van der Waals surface area contributed by atoms with Crippen molar-refractivity contribution < 1.29 is 8.42 Å². The standard InChI is InChI=1S/C28H31N3O3S2/c1-20-14-16-30(17-15-20)24-10-8-23(9-11-24)21(2)29-36(33,34)25-12-13-26-27(18-25)35-28(32)31(26)19-22-6-4-3-5-7-22/h3-13,18,20-21,29H,14-17,19H2,1-2H3/t21-/m1/s1. The first kappa shape index (κ1) is 24.7. The summed E-state index contributed by atoms with van der Waals surface area (Å²) in [5.74, 6) is 0.776. The van der Waals surface area contributed by atoms with Gasteiger partial charge in [0, 0.05) is 24.8 Å². The third kappa shape index (κ3) is 5.26. The van der Waals surface area contributed by atoms with E-state index >= 15 is 0 Å². The molecule has 0 amide bonds. The molecule has 1 N–H and O–H groups in total. The maximum absolute atomic E-state index is 13.2. The van der Waals surface area contributed by atoms with Crippen molar-refractivity contribution in [2.45, 2.75) is 44.2 Å². The lowest BCUT2D eigenvalue weighted by molar-refractivity contribution is 0.438. The summed E-state index contributed by atoms with van der Waals surface area (Å²) in [5, 5.41) is 0. The summed E-state index contributed by atoms with van der Waals surface area (Å²) >= 11 is 1.07. The van der Waals surface area contributed by atoms with Crippen molar-refractivity contribution in [2.24, 2.45) is 5.92 Å². The molecule has 0 bridgehead atoms. The van der Waals surface area contributed by atoms with Crippen LogP contribution < -0.4 is 14.5 Å². The van der Waals surface area contributed by atoms with Crippen LogP contribution in [-0.2, 0) is 16.6 Å². The lowest BCUT2D eigenvalue weighted by Gasteiger charge is -2.32. The average molecular weight is 522 g/mol. The fraction of sp³-hybridized carbons (Fsp3) is 0.321. The molecule has 1 fully saturated rings. The zero-order valence-electron chi connectivity index (χ0n) is 20.6. The van der Waals surface area contributed by atoms with E-state index in [0.29, 0.717) is 11.2 Å². The maximum atomic E-state index is 13.2. The first-order valence-electron chi connectivity index (χ1n) is 12.3. The third-order valence-corrected chi connectivity index (χ3v) is 9.49. The molecule has 0 aliphatic carbocycles. The van der Waals surface area contributed by atoms with Gasteiger partial charge >= 0.3 is 4.87 Å². The summed E-state index contributed by atoms with van der Waals surface area (Å²) in [7, 11) is -3.76. The van der Waals surface area contributed by atoms with Crippen molar-refractivity contribution in [3.8, 4) is 0 Å². The van der Waals surface area contributed by atoms with Gasteiger partial charge in [-0.2, -0.15) is 0 Å². The second-order valence-electron chi connectivity index (χ2n) is 9.67. The summed E-state index contributed by atoms with van der Waals surface area (Å²) in [6.45, 7) is 6.72. The van der Waals surface area contributed by atoms with Crippen molar-refractivity contribution >= 4 is 37.3 Å². The molecule has 0 spiro atoms. The van der Waals surface area contributed by atoms with E-state index in [9.17, 15) is 13.2 Å². The highest BCUT2D eigenvalue weighted by molar-refractivity contribution is 7.89. The minimum Gasteiger partial charge on any atom is -0.372 e. The molecular weight excluding hydrogens is 490 g/mol. The topological polar surface area (TPSA) is 71.4 Å². The summed E-state index contributed by atoms with van der Waals surface area (Å²) in [6, 6.07) is 22.4. The van der Waals surface area contributed by atoms with Crippen LogP contribution in [0.4, 0.5) is 5.69 Å². The Morgan fingerprint density at radius 2 is 1.69 bits per heavy atom. The SMILES string of the molecule is CC1CCN(c2ccc([C@@H](C)NS(=O)(=O)c3ccc4c(c3)sc(=O)n4Cc3ccccc3)cc2)CC1. The number of nitrogens with zero attached hydrogens (tertiary/aromatic N) is 2. The van der Waals surface area contributed by atoms with Crippen molar-refractivity contribution in [3.63, 3.8) is 0 Å². The molecule has 6 nitrogen and oxygen atoms in total. The number of benzene rings is 3. The van der Waals surface area contributed by atoms with Crippen molar-refractivity contribution in [1.82, 2.24) is 9.29 Å². The van der Waals surface area contributed by atoms with Crippen molar-refractivity contribution in [1.29, 1.82) is 0 Å². The Balaban J connectivity index is 1.32. The number of thiazole rings is 1. The average Bonchev–Trinajstić information content (AvgIpc) is 3.19. The van der Waals surface area contributed by atoms with Crippen molar-refractivity contribution in [2.75, 3.05) is 18.0 Å². The van der Waals surface area contributed by atoms with Crippen LogP contribution in [0.1, 0.15) is 43.9 Å². The monoisotopic (exact) mass is 521 g/mol. The lowest BCUT2D eigenvalue weighted by atomic mass is 9.98. The molecule has 2 heterocycles. The van der Waals surface area contributed by atoms with Gasteiger partial charge in [-0.15, -0.1) is 0 Å². The summed E-state index contributed by atoms with van der Waals surface area (Å²) in [4.78, 5) is 15.1. The number of hydrogen-bond acceptors (Lipinski definition) is 5. The number of anilines is 1. The van der Waals surface area contributed by atoms with E-state index in [1.807, 2.05) is 49.4 Å². The Bertz CT molecular complexity index is 1500. The smallest absolute Gasteiger partial charge is 0.308 e. The van der Waals surface area contributed by atoms with Crippen LogP contribution in [0.2, 0.25) is 0 Å². The number of nitrogens with one attached hydrogen (secondary N) is 1. The predicted octanol–water partition coefficient (Wildman–Crippen LogP) is 5.39. The van der Waals surface area contributed by atoms with Gasteiger partial charge in [-0.25, -0.2) is 13.1 Å². The van der Waals surface area contributed by atoms with Gasteiger partial charge in [0.2, 0.25) is 10.0 Å². The summed E-state index contributed by atoms with van der Waals surface area (Å²) < 4.78 is 31.5. The molecule has 8 heteroatoms. The van der Waals surface area contributed by atoms with E-state index < -0.39 is 10.0 Å². The van der Waals surface area contributed by atoms with E-state index in [2.05, 4.69) is 28.7 Å². The molecule has 4 aromatic rings. The third-order valence-electron chi connectivity index (χ3n) is 7.01.